The molecular weight excluding hydrogens is 194 g/mol. The monoisotopic (exact) mass is 209 g/mol. The van der Waals surface area contributed by atoms with Crippen LogP contribution in [-0.4, -0.2) is 23.5 Å². The maximum atomic E-state index is 8.97. The van der Waals surface area contributed by atoms with Crippen molar-refractivity contribution in [2.24, 2.45) is 0 Å². The molecule has 2 nitrogen and oxygen atoms in total. The zero-order valence-electron chi connectivity index (χ0n) is 8.23. The molecule has 0 saturated heterocycles. The highest BCUT2D eigenvalue weighted by atomic mass is 32.2. The molecule has 14 heavy (non-hydrogen) atoms. The van der Waals surface area contributed by atoms with Crippen molar-refractivity contribution in [2.75, 3.05) is 12.4 Å². The normalized spacial score (nSPS) is 22.0. The average molecular weight is 209 g/mol. The number of aliphatic hydroxyl groups is 1. The molecule has 2 unspecified atom stereocenters. The first-order chi connectivity index (χ1) is 6.81. The van der Waals surface area contributed by atoms with Crippen molar-refractivity contribution in [2.45, 2.75) is 23.9 Å². The first-order valence-electron chi connectivity index (χ1n) is 4.90. The van der Waals surface area contributed by atoms with Gasteiger partial charge in [0.05, 0.1) is 6.61 Å². The predicted molar refractivity (Wildman–Crippen MR) is 59.6 cm³/mol. The molecule has 0 fully saturated rings. The second kappa shape index (κ2) is 4.34. The maximum absolute atomic E-state index is 8.97. The Hall–Kier alpha value is -0.510. The van der Waals surface area contributed by atoms with Crippen LogP contribution in [0.25, 0.3) is 0 Å². The van der Waals surface area contributed by atoms with Crippen molar-refractivity contribution in [1.29, 1.82) is 0 Å². The van der Waals surface area contributed by atoms with Crippen LogP contribution in [0.5, 0.6) is 0 Å². The molecule has 1 aliphatic heterocycles. The van der Waals surface area contributed by atoms with E-state index in [-0.39, 0.29) is 12.6 Å². The summed E-state index contributed by atoms with van der Waals surface area (Å²) >= 11 is 1.88. The maximum Gasteiger partial charge on any atom is 0.0582 e. The average Bonchev–Trinajstić information content (AvgIpc) is 2.62. The molecule has 2 atom stereocenters. The fourth-order valence-electron chi connectivity index (χ4n) is 1.70. The Kier molecular flexibility index (Phi) is 3.11. The van der Waals surface area contributed by atoms with Crippen LogP contribution >= 0.6 is 11.8 Å². The molecule has 3 heteroatoms. The van der Waals surface area contributed by atoms with E-state index in [0.717, 1.165) is 5.75 Å². The number of hydrogen-bond donors (Lipinski definition) is 2. The van der Waals surface area contributed by atoms with E-state index in [1.165, 1.54) is 10.5 Å². The van der Waals surface area contributed by atoms with Gasteiger partial charge < -0.3 is 10.4 Å². The van der Waals surface area contributed by atoms with Gasteiger partial charge in [0, 0.05) is 22.7 Å². The number of fused-ring (bicyclic) bond motifs is 1. The number of rotatable bonds is 3. The second-order valence-corrected chi connectivity index (χ2v) is 4.71. The van der Waals surface area contributed by atoms with Crippen LogP contribution in [0.1, 0.15) is 18.5 Å². The van der Waals surface area contributed by atoms with E-state index >= 15 is 0 Å². The van der Waals surface area contributed by atoms with E-state index in [1.807, 2.05) is 18.7 Å². The molecule has 1 aromatic rings. The summed E-state index contributed by atoms with van der Waals surface area (Å²) < 4.78 is 0. The Labute approximate surface area is 88.7 Å². The smallest absolute Gasteiger partial charge is 0.0582 e. The van der Waals surface area contributed by atoms with Gasteiger partial charge in [-0.05, 0) is 18.6 Å². The minimum atomic E-state index is 0.173. The summed E-state index contributed by atoms with van der Waals surface area (Å²) in [5.74, 6) is 1.07. The summed E-state index contributed by atoms with van der Waals surface area (Å²) in [6.45, 7) is 2.20. The topological polar surface area (TPSA) is 32.3 Å². The first-order valence-corrected chi connectivity index (χ1v) is 5.88. The van der Waals surface area contributed by atoms with Gasteiger partial charge in [0.25, 0.3) is 0 Å². The molecule has 0 bridgehead atoms. The third-order valence-corrected chi connectivity index (χ3v) is 3.64. The molecule has 0 saturated carbocycles. The van der Waals surface area contributed by atoms with Crippen molar-refractivity contribution in [3.8, 4) is 0 Å². The Morgan fingerprint density at radius 1 is 1.57 bits per heavy atom. The van der Waals surface area contributed by atoms with Gasteiger partial charge in [-0.1, -0.05) is 18.2 Å². The zero-order chi connectivity index (χ0) is 9.97. The van der Waals surface area contributed by atoms with Crippen LogP contribution in [0.4, 0.5) is 0 Å². The van der Waals surface area contributed by atoms with Gasteiger partial charge in [-0.15, -0.1) is 11.8 Å². The van der Waals surface area contributed by atoms with Crippen molar-refractivity contribution >= 4 is 11.8 Å². The fourth-order valence-corrected chi connectivity index (χ4v) is 2.87. The van der Waals surface area contributed by atoms with Gasteiger partial charge in [0.1, 0.15) is 0 Å². The molecule has 2 rings (SSSR count). The highest BCUT2D eigenvalue weighted by molar-refractivity contribution is 7.99. The molecule has 2 N–H and O–H groups in total. The molecule has 0 aliphatic carbocycles. The van der Waals surface area contributed by atoms with Crippen LogP contribution < -0.4 is 5.32 Å². The van der Waals surface area contributed by atoms with Gasteiger partial charge in [0.15, 0.2) is 0 Å². The second-order valence-electron chi connectivity index (χ2n) is 3.65. The van der Waals surface area contributed by atoms with Gasteiger partial charge in [-0.2, -0.15) is 0 Å². The summed E-state index contributed by atoms with van der Waals surface area (Å²) in [7, 11) is 0. The lowest BCUT2D eigenvalue weighted by Gasteiger charge is -2.17. The van der Waals surface area contributed by atoms with Crippen molar-refractivity contribution < 1.29 is 5.11 Å². The number of hydrogen-bond acceptors (Lipinski definition) is 3. The Morgan fingerprint density at radius 2 is 2.36 bits per heavy atom. The van der Waals surface area contributed by atoms with Crippen LogP contribution in [0.2, 0.25) is 0 Å². The summed E-state index contributed by atoms with van der Waals surface area (Å²) in [4.78, 5) is 1.37. The van der Waals surface area contributed by atoms with E-state index in [0.29, 0.717) is 6.04 Å². The van der Waals surface area contributed by atoms with Crippen LogP contribution in [0, 0.1) is 0 Å². The lowest BCUT2D eigenvalue weighted by atomic mass is 10.1. The highest BCUT2D eigenvalue weighted by Gasteiger charge is 2.23. The minimum Gasteiger partial charge on any atom is -0.395 e. The Bertz CT molecular complexity index is 316. The third-order valence-electron chi connectivity index (χ3n) is 2.46. The highest BCUT2D eigenvalue weighted by Crippen LogP contribution is 2.37. The zero-order valence-corrected chi connectivity index (χ0v) is 9.05. The number of thioether (sulfide) groups is 1. The van der Waals surface area contributed by atoms with Crippen molar-refractivity contribution in [3.63, 3.8) is 0 Å². The van der Waals surface area contributed by atoms with E-state index in [2.05, 4.69) is 29.6 Å². The molecule has 0 radical (unpaired) electrons. The van der Waals surface area contributed by atoms with Crippen molar-refractivity contribution in [3.05, 3.63) is 29.8 Å². The van der Waals surface area contributed by atoms with Gasteiger partial charge in [-0.25, -0.2) is 0 Å². The lowest BCUT2D eigenvalue weighted by Crippen LogP contribution is -2.33. The van der Waals surface area contributed by atoms with E-state index in [1.54, 1.807) is 0 Å². The van der Waals surface area contributed by atoms with Gasteiger partial charge in [0.2, 0.25) is 0 Å². The molecule has 1 aliphatic rings. The largest absolute Gasteiger partial charge is 0.395 e. The number of aliphatic hydroxyl groups excluding tert-OH is 1. The minimum absolute atomic E-state index is 0.173. The number of nitrogens with one attached hydrogen (secondary N) is 1. The van der Waals surface area contributed by atoms with E-state index in [4.69, 9.17) is 5.11 Å². The van der Waals surface area contributed by atoms with E-state index < -0.39 is 0 Å². The van der Waals surface area contributed by atoms with Gasteiger partial charge in [-0.3, -0.25) is 0 Å². The summed E-state index contributed by atoms with van der Waals surface area (Å²) in [6, 6.07) is 9.04. The summed E-state index contributed by atoms with van der Waals surface area (Å²) in [6.07, 6.45) is 0. The summed E-state index contributed by atoms with van der Waals surface area (Å²) in [5.41, 5.74) is 1.37. The first kappa shape index (κ1) is 10.0. The van der Waals surface area contributed by atoms with Gasteiger partial charge >= 0.3 is 0 Å². The molecule has 76 valence electrons. The molecule has 1 aromatic carbocycles. The SMILES string of the molecule is CC(CO)NC1CSc2ccccc21. The van der Waals surface area contributed by atoms with Crippen molar-refractivity contribution in [1.82, 2.24) is 5.32 Å². The molecular formula is C11H15NOS. The molecule has 0 aromatic heterocycles. The quantitative estimate of drug-likeness (QED) is 0.796. The Balaban J connectivity index is 2.10. The predicted octanol–water partition coefficient (Wildman–Crippen LogP) is 1.80. The third kappa shape index (κ3) is 1.95. The standard InChI is InChI=1S/C11H15NOS/c1-8(6-13)12-10-7-14-11-5-3-2-4-9(10)11/h2-5,8,10,12-13H,6-7H2,1H3. The Morgan fingerprint density at radius 3 is 3.14 bits per heavy atom. The fraction of sp³-hybridized carbons (Fsp3) is 0.455. The molecule has 0 amide bonds. The molecule has 0 spiro atoms. The van der Waals surface area contributed by atoms with Crippen LogP contribution in [0.15, 0.2) is 29.2 Å². The summed E-state index contributed by atoms with van der Waals surface area (Å²) in [5, 5.41) is 12.4. The lowest BCUT2D eigenvalue weighted by molar-refractivity contribution is 0.244. The van der Waals surface area contributed by atoms with E-state index in [9.17, 15) is 0 Å². The van der Waals surface area contributed by atoms with Crippen LogP contribution in [0.3, 0.4) is 0 Å². The molecule has 1 heterocycles. The van der Waals surface area contributed by atoms with Crippen LogP contribution in [-0.2, 0) is 0 Å². The number of benzene rings is 1.